The minimum Gasteiger partial charge on any atom is -0.480 e. The molecule has 0 amide bonds. The van der Waals surface area contributed by atoms with Gasteiger partial charge < -0.3 is 10.4 Å². The van der Waals surface area contributed by atoms with Crippen molar-refractivity contribution < 1.29 is 9.90 Å². The van der Waals surface area contributed by atoms with E-state index in [0.29, 0.717) is 6.04 Å². The Morgan fingerprint density at radius 3 is 2.53 bits per heavy atom. The summed E-state index contributed by atoms with van der Waals surface area (Å²) in [7, 11) is 0. The minimum absolute atomic E-state index is 0.325. The van der Waals surface area contributed by atoms with Gasteiger partial charge in [0.1, 0.15) is 6.04 Å². The number of nitrogens with one attached hydrogen (secondary N) is 1. The van der Waals surface area contributed by atoms with Crippen molar-refractivity contribution in [1.82, 2.24) is 5.32 Å². The fourth-order valence-corrected chi connectivity index (χ4v) is 2.90. The van der Waals surface area contributed by atoms with Crippen LogP contribution >= 0.6 is 0 Å². The highest BCUT2D eigenvalue weighted by molar-refractivity contribution is 5.73. The molecule has 17 heavy (non-hydrogen) atoms. The number of aliphatic carboxylic acids is 1. The summed E-state index contributed by atoms with van der Waals surface area (Å²) in [6.45, 7) is 4.16. The van der Waals surface area contributed by atoms with Crippen LogP contribution < -0.4 is 5.32 Å². The molecule has 0 heterocycles. The first-order valence-corrected chi connectivity index (χ1v) is 7.12. The van der Waals surface area contributed by atoms with E-state index in [1.165, 1.54) is 32.1 Å². The lowest BCUT2D eigenvalue weighted by molar-refractivity contribution is -0.139. The van der Waals surface area contributed by atoms with Crippen LogP contribution in [0.15, 0.2) is 0 Å². The van der Waals surface area contributed by atoms with E-state index in [9.17, 15) is 4.79 Å². The third-order valence-corrected chi connectivity index (χ3v) is 3.77. The van der Waals surface area contributed by atoms with E-state index < -0.39 is 5.97 Å². The summed E-state index contributed by atoms with van der Waals surface area (Å²) in [5.74, 6) is 0.102. The summed E-state index contributed by atoms with van der Waals surface area (Å²) in [5.41, 5.74) is 0. The van der Waals surface area contributed by atoms with Crippen molar-refractivity contribution in [2.24, 2.45) is 5.92 Å². The van der Waals surface area contributed by atoms with Crippen molar-refractivity contribution >= 4 is 5.97 Å². The van der Waals surface area contributed by atoms with Gasteiger partial charge in [-0.1, -0.05) is 45.4 Å². The molecule has 3 nitrogen and oxygen atoms in total. The van der Waals surface area contributed by atoms with Gasteiger partial charge in [0.15, 0.2) is 0 Å². The van der Waals surface area contributed by atoms with Crippen LogP contribution in [0.3, 0.4) is 0 Å². The number of carboxylic acids is 1. The van der Waals surface area contributed by atoms with Crippen LogP contribution in [0.4, 0.5) is 0 Å². The molecule has 1 unspecified atom stereocenters. The van der Waals surface area contributed by atoms with Crippen LogP contribution in [-0.4, -0.2) is 23.2 Å². The average Bonchev–Trinajstić information content (AvgIpc) is 2.29. The van der Waals surface area contributed by atoms with Crippen molar-refractivity contribution in [3.05, 3.63) is 0 Å². The van der Waals surface area contributed by atoms with Crippen molar-refractivity contribution in [3.8, 4) is 0 Å². The third-order valence-electron chi connectivity index (χ3n) is 3.77. The van der Waals surface area contributed by atoms with Gasteiger partial charge in [-0.15, -0.1) is 0 Å². The molecule has 0 aromatic carbocycles. The molecular formula is C14H27NO2. The zero-order chi connectivity index (χ0) is 12.7. The molecule has 2 N–H and O–H groups in total. The van der Waals surface area contributed by atoms with Gasteiger partial charge in [0.25, 0.3) is 0 Å². The van der Waals surface area contributed by atoms with E-state index in [1.807, 2.05) is 6.92 Å². The largest absolute Gasteiger partial charge is 0.480 e. The molecule has 2 atom stereocenters. The highest BCUT2D eigenvalue weighted by Gasteiger charge is 2.21. The zero-order valence-corrected chi connectivity index (χ0v) is 11.2. The number of hydrogen-bond donors (Lipinski definition) is 2. The van der Waals surface area contributed by atoms with Gasteiger partial charge in [0, 0.05) is 6.04 Å². The quantitative estimate of drug-likeness (QED) is 0.719. The Balaban J connectivity index is 2.30. The predicted octanol–water partition coefficient (Wildman–Crippen LogP) is 3.19. The summed E-state index contributed by atoms with van der Waals surface area (Å²) < 4.78 is 0. The first kappa shape index (κ1) is 14.5. The van der Waals surface area contributed by atoms with Crippen LogP contribution in [0.5, 0.6) is 0 Å². The lowest BCUT2D eigenvalue weighted by Gasteiger charge is -2.27. The SMILES string of the molecule is CCC[C@H](NC(C)CC1CCCCC1)C(=O)O. The Kier molecular flexibility index (Phi) is 6.56. The van der Waals surface area contributed by atoms with Crippen LogP contribution in [0.1, 0.15) is 65.2 Å². The summed E-state index contributed by atoms with van der Waals surface area (Å²) >= 11 is 0. The molecule has 0 aromatic heterocycles. The molecule has 0 aliphatic heterocycles. The predicted molar refractivity (Wildman–Crippen MR) is 70.1 cm³/mol. The normalized spacial score (nSPS) is 21.1. The fourth-order valence-electron chi connectivity index (χ4n) is 2.90. The van der Waals surface area contributed by atoms with Crippen LogP contribution in [0.25, 0.3) is 0 Å². The number of hydrogen-bond acceptors (Lipinski definition) is 2. The number of carboxylic acid groups (broad SMARTS) is 1. The molecule has 3 heteroatoms. The van der Waals surface area contributed by atoms with Crippen molar-refractivity contribution in [2.45, 2.75) is 77.3 Å². The Morgan fingerprint density at radius 2 is 2.00 bits per heavy atom. The Labute approximate surface area is 105 Å². The topological polar surface area (TPSA) is 49.3 Å². The lowest BCUT2D eigenvalue weighted by atomic mass is 9.85. The Hall–Kier alpha value is -0.570. The van der Waals surface area contributed by atoms with Gasteiger partial charge >= 0.3 is 5.97 Å². The van der Waals surface area contributed by atoms with Crippen LogP contribution in [0, 0.1) is 5.92 Å². The van der Waals surface area contributed by atoms with Gasteiger partial charge in [0.05, 0.1) is 0 Å². The van der Waals surface area contributed by atoms with Gasteiger partial charge in [-0.3, -0.25) is 4.79 Å². The van der Waals surface area contributed by atoms with Crippen molar-refractivity contribution in [1.29, 1.82) is 0 Å². The molecule has 0 bridgehead atoms. The summed E-state index contributed by atoms with van der Waals surface area (Å²) in [6, 6.07) is -0.0376. The van der Waals surface area contributed by atoms with Gasteiger partial charge in [-0.2, -0.15) is 0 Å². The van der Waals surface area contributed by atoms with E-state index in [1.54, 1.807) is 0 Å². The Bertz CT molecular complexity index is 224. The van der Waals surface area contributed by atoms with Crippen molar-refractivity contribution in [3.63, 3.8) is 0 Å². The average molecular weight is 241 g/mol. The van der Waals surface area contributed by atoms with E-state index in [-0.39, 0.29) is 6.04 Å². The second-order valence-corrected chi connectivity index (χ2v) is 5.49. The zero-order valence-electron chi connectivity index (χ0n) is 11.2. The Morgan fingerprint density at radius 1 is 1.35 bits per heavy atom. The molecular weight excluding hydrogens is 214 g/mol. The molecule has 1 aliphatic rings. The van der Waals surface area contributed by atoms with E-state index in [2.05, 4.69) is 12.2 Å². The maximum Gasteiger partial charge on any atom is 0.320 e. The maximum absolute atomic E-state index is 11.1. The van der Waals surface area contributed by atoms with E-state index in [4.69, 9.17) is 5.11 Å². The first-order valence-electron chi connectivity index (χ1n) is 7.12. The molecule has 1 rings (SSSR count). The molecule has 0 aromatic rings. The first-order chi connectivity index (χ1) is 8.13. The van der Waals surface area contributed by atoms with Crippen molar-refractivity contribution in [2.75, 3.05) is 0 Å². The molecule has 100 valence electrons. The number of carbonyl (C=O) groups is 1. The fraction of sp³-hybridized carbons (Fsp3) is 0.929. The lowest BCUT2D eigenvalue weighted by Crippen LogP contribution is -2.42. The summed E-state index contributed by atoms with van der Waals surface area (Å²) in [5, 5.41) is 12.4. The van der Waals surface area contributed by atoms with Crippen LogP contribution in [0.2, 0.25) is 0 Å². The highest BCUT2D eigenvalue weighted by atomic mass is 16.4. The van der Waals surface area contributed by atoms with E-state index in [0.717, 1.165) is 25.2 Å². The molecule has 0 radical (unpaired) electrons. The summed E-state index contributed by atoms with van der Waals surface area (Å²) in [6.07, 6.45) is 9.53. The van der Waals surface area contributed by atoms with Gasteiger partial charge in [0.2, 0.25) is 0 Å². The second-order valence-electron chi connectivity index (χ2n) is 5.49. The molecule has 1 aliphatic carbocycles. The van der Waals surface area contributed by atoms with E-state index >= 15 is 0 Å². The highest BCUT2D eigenvalue weighted by Crippen LogP contribution is 2.27. The maximum atomic E-state index is 11.1. The molecule has 1 fully saturated rings. The van der Waals surface area contributed by atoms with Crippen LogP contribution in [-0.2, 0) is 4.79 Å². The van der Waals surface area contributed by atoms with Gasteiger partial charge in [-0.05, 0) is 25.7 Å². The third kappa shape index (κ3) is 5.53. The molecule has 0 spiro atoms. The smallest absolute Gasteiger partial charge is 0.320 e. The molecule has 1 saturated carbocycles. The monoisotopic (exact) mass is 241 g/mol. The standard InChI is InChI=1S/C14H27NO2/c1-3-7-13(14(16)17)15-11(2)10-12-8-5-4-6-9-12/h11-13,15H,3-10H2,1-2H3,(H,16,17)/t11?,13-/m0/s1. The molecule has 0 saturated heterocycles. The second kappa shape index (κ2) is 7.70. The number of rotatable bonds is 7. The minimum atomic E-state index is -0.706. The summed E-state index contributed by atoms with van der Waals surface area (Å²) in [4.78, 5) is 11.1. The van der Waals surface area contributed by atoms with Gasteiger partial charge in [-0.25, -0.2) is 0 Å².